The number of amides is 2. The van der Waals surface area contributed by atoms with Crippen molar-refractivity contribution < 1.29 is 14.3 Å². The van der Waals surface area contributed by atoms with Crippen LogP contribution in [0.3, 0.4) is 0 Å². The summed E-state index contributed by atoms with van der Waals surface area (Å²) in [5.41, 5.74) is 0.319. The molecule has 0 aromatic carbocycles. The molecule has 1 saturated heterocycles. The van der Waals surface area contributed by atoms with Crippen LogP contribution in [0.4, 0.5) is 10.5 Å². The summed E-state index contributed by atoms with van der Waals surface area (Å²) in [6.45, 7) is 13.2. The molecule has 0 unspecified atom stereocenters. The Kier molecular flexibility index (Phi) is 6.01. The number of carbonyl (C=O) groups is 2. The Morgan fingerprint density at radius 3 is 2.44 bits per heavy atom. The topological polar surface area (TPSA) is 62.7 Å². The first-order chi connectivity index (χ1) is 11.4. The number of rotatable bonds is 2. The second-order valence-corrected chi connectivity index (χ2v) is 14.7. The number of nitrogens with zero attached hydrogens (tertiary/aromatic N) is 3. The van der Waals surface area contributed by atoms with Crippen molar-refractivity contribution in [1.29, 1.82) is 0 Å². The first kappa shape index (κ1) is 20.0. The van der Waals surface area contributed by atoms with Crippen LogP contribution in [0.1, 0.15) is 41.5 Å². The first-order valence-electron chi connectivity index (χ1n) is 8.47. The van der Waals surface area contributed by atoms with Crippen molar-refractivity contribution in [3.63, 3.8) is 0 Å². The first-order valence-corrected chi connectivity index (χ1v) is 11.3. The van der Waals surface area contributed by atoms with Crippen LogP contribution >= 0.6 is 0 Å². The van der Waals surface area contributed by atoms with Gasteiger partial charge >= 0.3 is 160 Å². The van der Waals surface area contributed by atoms with Crippen molar-refractivity contribution in [2.45, 2.75) is 50.6 Å². The summed E-state index contributed by atoms with van der Waals surface area (Å²) in [4.78, 5) is 32.4. The van der Waals surface area contributed by atoms with E-state index in [0.29, 0.717) is 16.5 Å². The van der Waals surface area contributed by atoms with Crippen molar-refractivity contribution in [3.8, 4) is 0 Å². The van der Waals surface area contributed by atoms with E-state index in [2.05, 4.69) is 25.8 Å². The second kappa shape index (κ2) is 7.51. The molecule has 2 amide bonds. The van der Waals surface area contributed by atoms with E-state index in [0.717, 1.165) is 9.40 Å². The normalized spacial score (nSPS) is 16.2. The van der Waals surface area contributed by atoms with Gasteiger partial charge in [-0.3, -0.25) is 0 Å². The summed E-state index contributed by atoms with van der Waals surface area (Å²) >= 11 is -0.829. The maximum absolute atomic E-state index is 12.5. The zero-order valence-electron chi connectivity index (χ0n) is 15.9. The number of anilines is 1. The number of carbonyl (C=O) groups excluding carboxylic acids is 2. The summed E-state index contributed by atoms with van der Waals surface area (Å²) in [6.07, 6.45) is 1.35. The minimum atomic E-state index is -0.829. The molecule has 25 heavy (non-hydrogen) atoms. The van der Waals surface area contributed by atoms with E-state index in [9.17, 15) is 9.59 Å². The van der Waals surface area contributed by atoms with Gasteiger partial charge in [0.1, 0.15) is 0 Å². The molecular weight excluding hydrogens is 425 g/mol. The van der Waals surface area contributed by atoms with Crippen LogP contribution in [0, 0.1) is 0 Å². The number of aromatic nitrogens is 1. The molecule has 1 aromatic heterocycles. The molecule has 0 saturated carbocycles. The molecule has 2 heterocycles. The monoisotopic (exact) mass is 453 g/mol. The fourth-order valence-corrected chi connectivity index (χ4v) is 5.69. The van der Waals surface area contributed by atoms with E-state index >= 15 is 0 Å². The van der Waals surface area contributed by atoms with E-state index in [1.807, 2.05) is 32.9 Å². The summed E-state index contributed by atoms with van der Waals surface area (Å²) in [6, 6.07) is 3.91. The molecule has 6 nitrogen and oxygen atoms in total. The third-order valence-corrected chi connectivity index (χ3v) is 7.08. The Bertz CT molecular complexity index is 650. The van der Waals surface area contributed by atoms with Gasteiger partial charge in [-0.2, -0.15) is 0 Å². The predicted octanol–water partition coefficient (Wildman–Crippen LogP) is 2.21. The van der Waals surface area contributed by atoms with Gasteiger partial charge in [-0.1, -0.05) is 0 Å². The number of hydrogen-bond donors (Lipinski definition) is 0. The average Bonchev–Trinajstić information content (AvgIpc) is 2.43. The minimum absolute atomic E-state index is 0.0474. The van der Waals surface area contributed by atoms with Crippen LogP contribution in [0.5, 0.6) is 0 Å². The van der Waals surface area contributed by atoms with Crippen LogP contribution in [-0.2, 0) is 9.53 Å². The summed E-state index contributed by atoms with van der Waals surface area (Å²) in [5, 5.41) is 0. The predicted molar refractivity (Wildman–Crippen MR) is 99.5 cm³/mol. The second-order valence-electron chi connectivity index (χ2n) is 8.22. The van der Waals surface area contributed by atoms with Gasteiger partial charge in [-0.25, -0.2) is 0 Å². The zero-order valence-corrected chi connectivity index (χ0v) is 18.8. The molecule has 1 fully saturated rings. The average molecular weight is 452 g/mol. The zero-order chi connectivity index (χ0) is 18.8. The molecule has 1 aliphatic rings. The molecule has 1 aliphatic heterocycles. The molecule has 0 atom stereocenters. The number of hydrogen-bond acceptors (Lipinski definition) is 4. The molecule has 136 valence electrons. The molecule has 0 bridgehead atoms. The Hall–Kier alpha value is -1.31. The fourth-order valence-electron chi connectivity index (χ4n) is 2.47. The van der Waals surface area contributed by atoms with Crippen LogP contribution in [0.2, 0.25) is 3.43 Å². The van der Waals surface area contributed by atoms with E-state index in [-0.39, 0.29) is 12.5 Å². The molecule has 0 N–H and O–H groups in total. The molecule has 7 heteroatoms. The van der Waals surface area contributed by atoms with Gasteiger partial charge in [0.05, 0.1) is 0 Å². The van der Waals surface area contributed by atoms with Crippen LogP contribution in [0.25, 0.3) is 0 Å². The molecule has 2 rings (SSSR count). The van der Waals surface area contributed by atoms with Crippen molar-refractivity contribution in [3.05, 3.63) is 18.3 Å². The Balaban J connectivity index is 2.05. The van der Waals surface area contributed by atoms with Crippen molar-refractivity contribution in [1.82, 2.24) is 9.88 Å². The van der Waals surface area contributed by atoms with Gasteiger partial charge in [-0.05, 0) is 0 Å². The quantitative estimate of drug-likeness (QED) is 0.646. The van der Waals surface area contributed by atoms with E-state index < -0.39 is 32.8 Å². The van der Waals surface area contributed by atoms with Crippen molar-refractivity contribution in [2.24, 2.45) is 0 Å². The van der Waals surface area contributed by atoms with Gasteiger partial charge in [0.15, 0.2) is 0 Å². The van der Waals surface area contributed by atoms with E-state index in [1.54, 1.807) is 11.1 Å². The van der Waals surface area contributed by atoms with Gasteiger partial charge in [0, 0.05) is 0 Å². The molecule has 0 spiro atoms. The summed E-state index contributed by atoms with van der Waals surface area (Å²) in [7, 11) is 0. The van der Waals surface area contributed by atoms with Gasteiger partial charge in [0.2, 0.25) is 0 Å². The summed E-state index contributed by atoms with van der Waals surface area (Å²) in [5.74, 6) is -0.0876. The van der Waals surface area contributed by atoms with E-state index in [4.69, 9.17) is 4.74 Å². The van der Waals surface area contributed by atoms with Gasteiger partial charge in [-0.15, -0.1) is 0 Å². The number of ether oxygens (including phenoxy) is 1. The van der Waals surface area contributed by atoms with Gasteiger partial charge < -0.3 is 0 Å². The number of piperazine rings is 1. The molecule has 0 aliphatic carbocycles. The Labute approximate surface area is 160 Å². The number of pyridine rings is 1. The SMILES string of the molecule is CC(C)(C)OC(=O)N1CCN(c2ccn[c]([Sn][C](C)(C)C)c2)C(=O)C1. The van der Waals surface area contributed by atoms with Crippen LogP contribution in [0.15, 0.2) is 18.3 Å². The van der Waals surface area contributed by atoms with Gasteiger partial charge in [0.25, 0.3) is 0 Å². The fraction of sp³-hybridized carbons (Fsp3) is 0.611. The summed E-state index contributed by atoms with van der Waals surface area (Å²) < 4.78 is 6.79. The third-order valence-electron chi connectivity index (χ3n) is 3.43. The molecular formula is C18H27N3O3Sn. The van der Waals surface area contributed by atoms with Crippen molar-refractivity contribution >= 4 is 42.5 Å². The molecule has 1 aromatic rings. The van der Waals surface area contributed by atoms with Crippen molar-refractivity contribution in [2.75, 3.05) is 24.5 Å². The molecule has 2 radical (unpaired) electrons. The third kappa shape index (κ3) is 6.17. The van der Waals surface area contributed by atoms with Crippen LogP contribution in [-0.4, -0.2) is 68.3 Å². The maximum atomic E-state index is 12.5. The van der Waals surface area contributed by atoms with E-state index in [1.165, 1.54) is 4.90 Å². The van der Waals surface area contributed by atoms with Crippen LogP contribution < -0.4 is 8.61 Å². The standard InChI is InChI=1S/C14H18N3O3.C4H9.Sn/c1-14(2,3)20-13(19)16-8-9-17(12(18)10-16)11-4-6-15-7-5-11;1-4(2)3;/h4-6H,8-10H2,1-3H3;1-3H3;. The Morgan fingerprint density at radius 1 is 1.20 bits per heavy atom. The Morgan fingerprint density at radius 2 is 1.88 bits per heavy atom.